The minimum absolute atomic E-state index is 0.0978. The lowest BCUT2D eigenvalue weighted by Crippen LogP contribution is -2.54. The van der Waals surface area contributed by atoms with Crippen LogP contribution >= 0.6 is 23.5 Å². The van der Waals surface area contributed by atoms with Gasteiger partial charge in [-0.25, -0.2) is 0 Å². The summed E-state index contributed by atoms with van der Waals surface area (Å²) in [7, 11) is 0. The van der Waals surface area contributed by atoms with Gasteiger partial charge in [0.1, 0.15) is 0 Å². The summed E-state index contributed by atoms with van der Waals surface area (Å²) in [6, 6.07) is 0. The van der Waals surface area contributed by atoms with Gasteiger partial charge in [0.25, 0.3) is 0 Å². The number of aliphatic hydroxyl groups excluding tert-OH is 1. The topological polar surface area (TPSA) is 113 Å². The van der Waals surface area contributed by atoms with E-state index in [1.807, 2.05) is 30.4 Å². The largest absolute Gasteiger partial charge is 0.396 e. The second-order valence-corrected chi connectivity index (χ2v) is 15.8. The third-order valence-electron chi connectivity index (χ3n) is 8.46. The first-order chi connectivity index (χ1) is 23.6. The van der Waals surface area contributed by atoms with Crippen LogP contribution in [0.15, 0.2) is 0 Å². The lowest BCUT2D eigenvalue weighted by Gasteiger charge is -2.12. The van der Waals surface area contributed by atoms with Crippen LogP contribution in [0, 0.1) is 5.92 Å². The minimum Gasteiger partial charge on any atom is -0.396 e. The van der Waals surface area contributed by atoms with Gasteiger partial charge in [0, 0.05) is 64.1 Å². The molecule has 0 aliphatic heterocycles. The van der Waals surface area contributed by atoms with E-state index in [-0.39, 0.29) is 11.8 Å². The molecule has 1 unspecified atom stereocenters. The van der Waals surface area contributed by atoms with Gasteiger partial charge in [0.2, 0.25) is 5.91 Å². The molecule has 0 aromatic carbocycles. The van der Waals surface area contributed by atoms with E-state index in [1.165, 1.54) is 140 Å². The van der Waals surface area contributed by atoms with Crippen LogP contribution in [0.2, 0.25) is 0 Å². The van der Waals surface area contributed by atoms with Crippen LogP contribution in [0.5, 0.6) is 0 Å². The average Bonchev–Trinajstić information content (AvgIpc) is 3.09. The molecule has 0 radical (unpaired) electrons. The number of amides is 1. The molecule has 7 nitrogen and oxygen atoms in total. The normalized spacial score (nSPS) is 11.8. The van der Waals surface area contributed by atoms with Gasteiger partial charge in [-0.05, 0) is 36.5 Å². The molecule has 0 fully saturated rings. The summed E-state index contributed by atoms with van der Waals surface area (Å²) < 4.78 is 0. The van der Waals surface area contributed by atoms with Crippen molar-refractivity contribution < 1.29 is 15.6 Å². The first-order valence-electron chi connectivity index (χ1n) is 20.6. The minimum atomic E-state index is 0.0978. The van der Waals surface area contributed by atoms with Gasteiger partial charge in [0.05, 0.1) is 6.54 Å². The molecule has 0 saturated heterocycles. The van der Waals surface area contributed by atoms with Crippen LogP contribution in [0.3, 0.4) is 0 Å². The summed E-state index contributed by atoms with van der Waals surface area (Å²) in [5.41, 5.74) is 3.80. The smallest absolute Gasteiger partial charge is 0.223 e. The summed E-state index contributed by atoms with van der Waals surface area (Å²) in [4.78, 5) is 12.2. The Balaban J connectivity index is 0. The molecule has 0 aromatic rings. The molecule has 48 heavy (non-hydrogen) atoms. The maximum absolute atomic E-state index is 12.2. The fourth-order valence-electron chi connectivity index (χ4n) is 5.29. The molecule has 0 aliphatic carbocycles. The Kier molecular flexibility index (Phi) is 49.0. The van der Waals surface area contributed by atoms with Gasteiger partial charge in [-0.15, -0.1) is 0 Å². The summed E-state index contributed by atoms with van der Waals surface area (Å²) in [6.07, 6.45) is 29.0. The van der Waals surface area contributed by atoms with E-state index >= 15 is 0 Å². The number of carbonyl (C=O) groups excluding carboxylic acids is 1. The van der Waals surface area contributed by atoms with Gasteiger partial charge in [0.15, 0.2) is 0 Å². The number of carbonyl (C=O) groups is 1. The Morgan fingerprint density at radius 1 is 0.542 bits per heavy atom. The van der Waals surface area contributed by atoms with Gasteiger partial charge in [-0.1, -0.05) is 136 Å². The summed E-state index contributed by atoms with van der Waals surface area (Å²) in [6.45, 7) is 14.2. The fraction of sp³-hybridized carbons (Fsp3) is 0.974. The molecule has 0 aromatic heterocycles. The van der Waals surface area contributed by atoms with Gasteiger partial charge < -0.3 is 32.1 Å². The highest BCUT2D eigenvalue weighted by atomic mass is 32.2. The number of nitrogens with one attached hydrogen (secondary N) is 4. The lowest BCUT2D eigenvalue weighted by molar-refractivity contribution is -0.365. The van der Waals surface area contributed by atoms with E-state index in [0.717, 1.165) is 63.7 Å². The number of quaternary nitrogens is 1. The standard InChI is InChI=1S/C24H53N5OS.C15H32OS/c1-3-4-5-6-7-8-9-10-11-12-21-31-22-23(2)24(30)29-20-19-28-18-17-27-16-15-26-14-13-25;1-2-3-4-5-6-7-8-9-10-11-14-17-15-12-13-16/h23,26-28H,3-22,25H2,1-2H3,(H,29,30);16H,2-15H2,1H3/p+1. The molecule has 0 bridgehead atoms. The van der Waals surface area contributed by atoms with Crippen LogP contribution in [0.4, 0.5) is 0 Å². The SMILES string of the molecule is CCCCCCCCCCCCSCC(C)C(=O)NCCNCCNCCNCC[NH3+].CCCCCCCCCCCCSCCCO. The molecule has 0 saturated carbocycles. The van der Waals surface area contributed by atoms with E-state index in [9.17, 15) is 4.79 Å². The second-order valence-electron chi connectivity index (χ2n) is 13.4. The Hall–Kier alpha value is -0.0300. The Morgan fingerprint density at radius 3 is 1.35 bits per heavy atom. The zero-order valence-electron chi connectivity index (χ0n) is 32.5. The molecular weight excluding hydrogens is 635 g/mol. The summed E-state index contributed by atoms with van der Waals surface area (Å²) in [5, 5.41) is 21.7. The van der Waals surface area contributed by atoms with Gasteiger partial charge in [-0.2, -0.15) is 23.5 Å². The molecular formula is C39H86N5O2S2+. The van der Waals surface area contributed by atoms with Crippen LogP contribution in [0.1, 0.15) is 156 Å². The van der Waals surface area contributed by atoms with Crippen molar-refractivity contribution in [1.29, 1.82) is 0 Å². The lowest BCUT2D eigenvalue weighted by atomic mass is 10.1. The third kappa shape index (κ3) is 46.0. The fourth-order valence-corrected chi connectivity index (χ4v) is 7.31. The van der Waals surface area contributed by atoms with E-state index in [1.54, 1.807) is 0 Å². The summed E-state index contributed by atoms with van der Waals surface area (Å²) >= 11 is 3.93. The first kappa shape index (κ1) is 50.1. The van der Waals surface area contributed by atoms with Crippen molar-refractivity contribution in [2.45, 2.75) is 156 Å². The monoisotopic (exact) mass is 721 g/mol. The zero-order valence-corrected chi connectivity index (χ0v) is 34.1. The quantitative estimate of drug-likeness (QED) is 0.0367. The number of rotatable bonds is 39. The van der Waals surface area contributed by atoms with E-state index in [4.69, 9.17) is 5.11 Å². The number of thioether (sulfide) groups is 2. The number of hydrogen-bond acceptors (Lipinski definition) is 7. The highest BCUT2D eigenvalue weighted by Gasteiger charge is 2.11. The van der Waals surface area contributed by atoms with Crippen LogP contribution in [-0.2, 0) is 4.79 Å². The molecule has 9 heteroatoms. The van der Waals surface area contributed by atoms with Gasteiger partial charge >= 0.3 is 0 Å². The zero-order chi connectivity index (χ0) is 35.4. The van der Waals surface area contributed by atoms with Crippen molar-refractivity contribution in [3.8, 4) is 0 Å². The molecule has 0 spiro atoms. The molecule has 0 rings (SSSR count). The Labute approximate surface area is 308 Å². The van der Waals surface area contributed by atoms with Crippen molar-refractivity contribution in [2.75, 3.05) is 82.0 Å². The van der Waals surface area contributed by atoms with Crippen LogP contribution in [-0.4, -0.2) is 93.0 Å². The number of hydrogen-bond donors (Lipinski definition) is 6. The third-order valence-corrected chi connectivity index (χ3v) is 10.9. The molecule has 1 atom stereocenters. The summed E-state index contributed by atoms with van der Waals surface area (Å²) in [5.74, 6) is 4.83. The van der Waals surface area contributed by atoms with Crippen LogP contribution in [0.25, 0.3) is 0 Å². The average molecular weight is 721 g/mol. The molecule has 0 heterocycles. The maximum atomic E-state index is 12.2. The predicted molar refractivity (Wildman–Crippen MR) is 219 cm³/mol. The highest BCUT2D eigenvalue weighted by molar-refractivity contribution is 7.99. The Morgan fingerprint density at radius 2 is 0.917 bits per heavy atom. The highest BCUT2D eigenvalue weighted by Crippen LogP contribution is 2.15. The van der Waals surface area contributed by atoms with Crippen molar-refractivity contribution in [3.05, 3.63) is 0 Å². The van der Waals surface area contributed by atoms with Gasteiger partial charge in [-0.3, -0.25) is 4.79 Å². The molecule has 8 N–H and O–H groups in total. The van der Waals surface area contributed by atoms with Crippen molar-refractivity contribution in [1.82, 2.24) is 21.3 Å². The maximum Gasteiger partial charge on any atom is 0.223 e. The van der Waals surface area contributed by atoms with E-state index < -0.39 is 0 Å². The van der Waals surface area contributed by atoms with Crippen LogP contribution < -0.4 is 27.0 Å². The van der Waals surface area contributed by atoms with Crippen molar-refractivity contribution in [3.63, 3.8) is 0 Å². The molecule has 1 amide bonds. The number of unbranched alkanes of at least 4 members (excludes halogenated alkanes) is 18. The molecule has 290 valence electrons. The second kappa shape index (κ2) is 47.0. The number of aliphatic hydroxyl groups is 1. The van der Waals surface area contributed by atoms with Crippen molar-refractivity contribution in [2.24, 2.45) is 5.92 Å². The Bertz CT molecular complexity index is 579. The molecule has 0 aliphatic rings. The van der Waals surface area contributed by atoms with E-state index in [2.05, 4.69) is 40.8 Å². The van der Waals surface area contributed by atoms with Crippen molar-refractivity contribution >= 4 is 29.4 Å². The van der Waals surface area contributed by atoms with E-state index in [0.29, 0.717) is 13.2 Å². The first-order valence-corrected chi connectivity index (χ1v) is 22.9. The predicted octanol–water partition coefficient (Wildman–Crippen LogP) is 7.43.